The predicted molar refractivity (Wildman–Crippen MR) is 125 cm³/mol. The second-order valence-electron chi connectivity index (χ2n) is 10.2. The Bertz CT molecular complexity index is 698. The third-order valence-electron chi connectivity index (χ3n) is 8.58. The Balaban J connectivity index is 0.00000155. The summed E-state index contributed by atoms with van der Waals surface area (Å²) in [6.45, 7) is 17.4. The first kappa shape index (κ1) is 25.6. The minimum atomic E-state index is -3.42. The number of hydrogen-bond donors (Lipinski definition) is 1. The van der Waals surface area contributed by atoms with Crippen LogP contribution in [0.4, 0.5) is 0 Å². The summed E-state index contributed by atoms with van der Waals surface area (Å²) in [5.74, 6) is 1.01. The minimum absolute atomic E-state index is 0.0244. The van der Waals surface area contributed by atoms with Crippen LogP contribution in [0.3, 0.4) is 0 Å². The van der Waals surface area contributed by atoms with Crippen LogP contribution in [0, 0.1) is 22.7 Å². The molecule has 2 aliphatic carbocycles. The van der Waals surface area contributed by atoms with E-state index in [9.17, 15) is 13.6 Å². The molecule has 0 bridgehead atoms. The van der Waals surface area contributed by atoms with Gasteiger partial charge in [0.25, 0.3) is 0 Å². The summed E-state index contributed by atoms with van der Waals surface area (Å²) < 4.78 is 28.3. The van der Waals surface area contributed by atoms with Crippen LogP contribution in [0.5, 0.6) is 0 Å². The summed E-state index contributed by atoms with van der Waals surface area (Å²) in [5.41, 5.74) is -0.251. The van der Waals surface area contributed by atoms with Crippen molar-refractivity contribution in [1.82, 2.24) is 9.21 Å². The van der Waals surface area contributed by atoms with Crippen molar-refractivity contribution < 1.29 is 13.6 Å². The van der Waals surface area contributed by atoms with E-state index in [1.165, 1.54) is 25.7 Å². The number of sulfonamides is 1. The second-order valence-corrected chi connectivity index (χ2v) is 12.2. The van der Waals surface area contributed by atoms with Crippen LogP contribution in [0.1, 0.15) is 80.6 Å². The van der Waals surface area contributed by atoms with Gasteiger partial charge in [-0.15, -0.1) is 0 Å². The Labute approximate surface area is 185 Å². The smallest absolute Gasteiger partial charge is 0.215 e. The molecule has 30 heavy (non-hydrogen) atoms. The van der Waals surface area contributed by atoms with Crippen molar-refractivity contribution in [3.8, 4) is 0 Å². The molecule has 1 saturated heterocycles. The van der Waals surface area contributed by atoms with Gasteiger partial charge in [0.15, 0.2) is 0 Å². The normalized spacial score (nSPS) is 37.0. The number of piperazine rings is 1. The van der Waals surface area contributed by atoms with E-state index in [1.807, 2.05) is 20.8 Å². The van der Waals surface area contributed by atoms with Gasteiger partial charge < -0.3 is 5.21 Å². The molecular weight excluding hydrogens is 398 g/mol. The van der Waals surface area contributed by atoms with Gasteiger partial charge in [0.1, 0.15) is 0 Å². The SMILES string of the molecule is CC.CC1CCCCC1N1CCN(S(=O)(=O)CC2(C)/C(=N/O)CC(C)C2(C)C)CC1. The Morgan fingerprint density at radius 2 is 1.60 bits per heavy atom. The van der Waals surface area contributed by atoms with Crippen LogP contribution < -0.4 is 0 Å². The second kappa shape index (κ2) is 9.86. The van der Waals surface area contributed by atoms with Crippen molar-refractivity contribution in [2.45, 2.75) is 86.6 Å². The topological polar surface area (TPSA) is 73.2 Å². The first-order valence-corrected chi connectivity index (χ1v) is 13.6. The van der Waals surface area contributed by atoms with Crippen LogP contribution >= 0.6 is 0 Å². The number of oxime groups is 1. The van der Waals surface area contributed by atoms with Gasteiger partial charge in [-0.1, -0.05) is 66.5 Å². The summed E-state index contributed by atoms with van der Waals surface area (Å²) >= 11 is 0. The number of rotatable bonds is 4. The lowest BCUT2D eigenvalue weighted by molar-refractivity contribution is 0.0777. The van der Waals surface area contributed by atoms with Gasteiger partial charge in [-0.05, 0) is 36.5 Å². The van der Waals surface area contributed by atoms with Crippen LogP contribution in [-0.4, -0.2) is 66.5 Å². The third kappa shape index (κ3) is 4.73. The molecule has 1 N–H and O–H groups in total. The lowest BCUT2D eigenvalue weighted by Gasteiger charge is -2.44. The number of hydrogen-bond acceptors (Lipinski definition) is 5. The van der Waals surface area contributed by atoms with E-state index in [2.05, 4.69) is 37.8 Å². The van der Waals surface area contributed by atoms with E-state index in [0.29, 0.717) is 37.2 Å². The molecule has 176 valence electrons. The van der Waals surface area contributed by atoms with Gasteiger partial charge in [-0.3, -0.25) is 4.90 Å². The van der Waals surface area contributed by atoms with Crippen LogP contribution in [0.25, 0.3) is 0 Å². The maximum Gasteiger partial charge on any atom is 0.215 e. The van der Waals surface area contributed by atoms with E-state index >= 15 is 0 Å². The fourth-order valence-corrected chi connectivity index (χ4v) is 7.89. The van der Waals surface area contributed by atoms with E-state index in [0.717, 1.165) is 13.1 Å². The molecule has 6 nitrogen and oxygen atoms in total. The fraction of sp³-hybridized carbons (Fsp3) is 0.957. The Kier molecular flexibility index (Phi) is 8.42. The molecule has 7 heteroatoms. The first-order chi connectivity index (χ1) is 14.0. The Morgan fingerprint density at radius 3 is 2.13 bits per heavy atom. The molecule has 0 spiro atoms. The van der Waals surface area contributed by atoms with Crippen molar-refractivity contribution in [3.05, 3.63) is 0 Å². The predicted octanol–water partition coefficient (Wildman–Crippen LogP) is 4.44. The highest BCUT2D eigenvalue weighted by atomic mass is 32.2. The zero-order valence-electron chi connectivity index (χ0n) is 20.3. The molecule has 0 radical (unpaired) electrons. The highest BCUT2D eigenvalue weighted by molar-refractivity contribution is 7.89. The largest absolute Gasteiger partial charge is 0.411 e. The Morgan fingerprint density at radius 1 is 1.03 bits per heavy atom. The van der Waals surface area contributed by atoms with Gasteiger partial charge in [-0.2, -0.15) is 4.31 Å². The molecule has 1 aliphatic heterocycles. The molecule has 3 aliphatic rings. The van der Waals surface area contributed by atoms with Crippen molar-refractivity contribution in [2.75, 3.05) is 31.9 Å². The van der Waals surface area contributed by atoms with E-state index in [4.69, 9.17) is 0 Å². The van der Waals surface area contributed by atoms with E-state index < -0.39 is 15.4 Å². The quantitative estimate of drug-likeness (QED) is 0.515. The van der Waals surface area contributed by atoms with Crippen LogP contribution in [0.15, 0.2) is 5.16 Å². The first-order valence-electron chi connectivity index (χ1n) is 12.0. The molecule has 2 saturated carbocycles. The van der Waals surface area contributed by atoms with Crippen molar-refractivity contribution in [3.63, 3.8) is 0 Å². The molecule has 3 fully saturated rings. The maximum absolute atomic E-state index is 13.3. The molecular formula is C23H45N3O3S. The summed E-state index contributed by atoms with van der Waals surface area (Å²) in [6, 6.07) is 0.610. The average molecular weight is 444 g/mol. The summed E-state index contributed by atoms with van der Waals surface area (Å²) in [5, 5.41) is 13.1. The lowest BCUT2D eigenvalue weighted by Crippen LogP contribution is -2.55. The summed E-state index contributed by atoms with van der Waals surface area (Å²) in [6.07, 6.45) is 5.81. The van der Waals surface area contributed by atoms with Crippen molar-refractivity contribution in [2.24, 2.45) is 27.8 Å². The van der Waals surface area contributed by atoms with E-state index in [-0.39, 0.29) is 17.1 Å². The third-order valence-corrected chi connectivity index (χ3v) is 10.7. The molecule has 0 amide bonds. The summed E-state index contributed by atoms with van der Waals surface area (Å²) in [4.78, 5) is 2.51. The highest BCUT2D eigenvalue weighted by Crippen LogP contribution is 2.54. The van der Waals surface area contributed by atoms with Crippen LogP contribution in [-0.2, 0) is 10.0 Å². The molecule has 0 aromatic rings. The maximum atomic E-state index is 13.3. The van der Waals surface area contributed by atoms with Crippen molar-refractivity contribution in [1.29, 1.82) is 0 Å². The van der Waals surface area contributed by atoms with Gasteiger partial charge in [-0.25, -0.2) is 8.42 Å². The molecule has 0 aromatic carbocycles. The molecule has 3 rings (SSSR count). The molecule has 4 unspecified atom stereocenters. The average Bonchev–Trinajstić information content (AvgIpc) is 2.89. The fourth-order valence-electron chi connectivity index (χ4n) is 5.72. The standard InChI is InChI=1S/C21H39N3O3S.C2H6/c1-16-8-6-7-9-18(16)23-10-12-24(13-11-23)28(26,27)15-21(5)19(22-25)14-17(2)20(21,3)4;1-2/h16-18,25H,6-15H2,1-5H3;1-2H3/b22-19+;. The van der Waals surface area contributed by atoms with Gasteiger partial charge in [0.05, 0.1) is 11.5 Å². The minimum Gasteiger partial charge on any atom is -0.411 e. The van der Waals surface area contributed by atoms with Gasteiger partial charge >= 0.3 is 0 Å². The zero-order valence-corrected chi connectivity index (χ0v) is 21.1. The van der Waals surface area contributed by atoms with Gasteiger partial charge in [0.2, 0.25) is 10.0 Å². The highest BCUT2D eigenvalue weighted by Gasteiger charge is 2.56. The molecule has 1 heterocycles. The van der Waals surface area contributed by atoms with E-state index in [1.54, 1.807) is 4.31 Å². The molecule has 0 aromatic heterocycles. The van der Waals surface area contributed by atoms with Gasteiger partial charge in [0, 0.05) is 37.6 Å². The van der Waals surface area contributed by atoms with Crippen molar-refractivity contribution >= 4 is 15.7 Å². The summed E-state index contributed by atoms with van der Waals surface area (Å²) in [7, 11) is -3.42. The lowest BCUT2D eigenvalue weighted by atomic mass is 9.67. The number of nitrogens with zero attached hydrogens (tertiary/aromatic N) is 3. The van der Waals surface area contributed by atoms with Crippen LogP contribution in [0.2, 0.25) is 0 Å². The zero-order chi connectivity index (χ0) is 22.7. The Hall–Kier alpha value is -0.660. The molecule has 4 atom stereocenters. The monoisotopic (exact) mass is 443 g/mol.